The minimum Gasteiger partial charge on any atom is -0.398 e. The van der Waals surface area contributed by atoms with Crippen molar-refractivity contribution in [3.8, 4) is 11.8 Å². The zero-order chi connectivity index (χ0) is 19.7. The van der Waals surface area contributed by atoms with Gasteiger partial charge in [0.15, 0.2) is 0 Å². The summed E-state index contributed by atoms with van der Waals surface area (Å²) in [6.45, 7) is 7.80. The molecule has 0 saturated carbocycles. The molecule has 0 radical (unpaired) electrons. The van der Waals surface area contributed by atoms with Gasteiger partial charge in [-0.2, -0.15) is 0 Å². The lowest BCUT2D eigenvalue weighted by Crippen LogP contribution is -2.41. The van der Waals surface area contributed by atoms with Crippen molar-refractivity contribution in [2.24, 2.45) is 0 Å². The van der Waals surface area contributed by atoms with Crippen LogP contribution in [0.3, 0.4) is 0 Å². The summed E-state index contributed by atoms with van der Waals surface area (Å²) in [4.78, 5) is 3.92. The van der Waals surface area contributed by atoms with E-state index in [4.69, 9.17) is 9.31 Å². The standard InChI is InChI=1S/C20H21BF2N2O2/c1-19(2)20(3,4)27-21(26-19)18(23)13-15-7-8-17(22)16(12-15)6-5-10-25-11-9-24-14-25/h7-9,11-14H,10H2,1-4H3. The lowest BCUT2D eigenvalue weighted by Gasteiger charge is -2.32. The zero-order valence-corrected chi connectivity index (χ0v) is 15.8. The number of hydrogen-bond acceptors (Lipinski definition) is 3. The Morgan fingerprint density at radius 1 is 1.26 bits per heavy atom. The van der Waals surface area contributed by atoms with Crippen LogP contribution in [0.4, 0.5) is 8.78 Å². The van der Waals surface area contributed by atoms with E-state index in [1.165, 1.54) is 24.3 Å². The Morgan fingerprint density at radius 3 is 2.59 bits per heavy atom. The van der Waals surface area contributed by atoms with Crippen LogP contribution in [0.2, 0.25) is 0 Å². The molecule has 0 spiro atoms. The highest BCUT2D eigenvalue weighted by atomic mass is 19.1. The molecular formula is C20H21BF2N2O2. The Hall–Kier alpha value is -2.43. The minimum atomic E-state index is -1.09. The maximum atomic E-state index is 14.6. The van der Waals surface area contributed by atoms with Gasteiger partial charge >= 0.3 is 7.12 Å². The molecule has 2 heterocycles. The quantitative estimate of drug-likeness (QED) is 0.605. The van der Waals surface area contributed by atoms with E-state index in [0.29, 0.717) is 12.1 Å². The van der Waals surface area contributed by atoms with Crippen molar-refractivity contribution in [1.82, 2.24) is 9.55 Å². The smallest absolute Gasteiger partial charge is 0.398 e. The highest BCUT2D eigenvalue weighted by Crippen LogP contribution is 2.39. The second-order valence-electron chi connectivity index (χ2n) is 7.39. The van der Waals surface area contributed by atoms with E-state index in [2.05, 4.69) is 16.8 Å². The average molecular weight is 370 g/mol. The molecule has 2 aromatic rings. The van der Waals surface area contributed by atoms with Crippen molar-refractivity contribution in [3.63, 3.8) is 0 Å². The van der Waals surface area contributed by atoms with Crippen molar-refractivity contribution >= 4 is 13.2 Å². The summed E-state index contributed by atoms with van der Waals surface area (Å²) in [5.74, 6) is 5.19. The van der Waals surface area contributed by atoms with Crippen LogP contribution in [-0.2, 0) is 15.9 Å². The third-order valence-corrected chi connectivity index (χ3v) is 4.82. The van der Waals surface area contributed by atoms with Gasteiger partial charge in [0.25, 0.3) is 0 Å². The van der Waals surface area contributed by atoms with Crippen LogP contribution in [-0.4, -0.2) is 27.9 Å². The van der Waals surface area contributed by atoms with E-state index in [-0.39, 0.29) is 5.56 Å². The lowest BCUT2D eigenvalue weighted by atomic mass is 9.86. The van der Waals surface area contributed by atoms with Gasteiger partial charge in [-0.1, -0.05) is 17.9 Å². The molecule has 27 heavy (non-hydrogen) atoms. The number of nitrogens with zero attached hydrogens (tertiary/aromatic N) is 2. The molecule has 1 saturated heterocycles. The molecule has 0 amide bonds. The molecule has 0 unspecified atom stereocenters. The first-order valence-electron chi connectivity index (χ1n) is 8.65. The molecule has 1 fully saturated rings. The predicted octanol–water partition coefficient (Wildman–Crippen LogP) is 4.02. The number of rotatable bonds is 3. The number of aromatic nitrogens is 2. The molecule has 4 nitrogen and oxygen atoms in total. The topological polar surface area (TPSA) is 36.3 Å². The maximum Gasteiger partial charge on any atom is 0.525 e. The molecule has 1 aromatic heterocycles. The molecule has 1 aliphatic rings. The summed E-state index contributed by atoms with van der Waals surface area (Å²) in [7, 11) is -1.09. The van der Waals surface area contributed by atoms with E-state index in [9.17, 15) is 8.78 Å². The fraction of sp³-hybridized carbons (Fsp3) is 0.350. The monoisotopic (exact) mass is 370 g/mol. The largest absolute Gasteiger partial charge is 0.525 e. The van der Waals surface area contributed by atoms with Gasteiger partial charge in [-0.3, -0.25) is 0 Å². The summed E-state index contributed by atoms with van der Waals surface area (Å²) < 4.78 is 41.7. The normalized spacial score (nSPS) is 18.3. The third kappa shape index (κ3) is 4.29. The van der Waals surface area contributed by atoms with Crippen molar-refractivity contribution in [2.45, 2.75) is 45.4 Å². The van der Waals surface area contributed by atoms with Crippen LogP contribution in [0.15, 0.2) is 42.6 Å². The summed E-state index contributed by atoms with van der Waals surface area (Å²) >= 11 is 0. The zero-order valence-electron chi connectivity index (χ0n) is 15.8. The second-order valence-corrected chi connectivity index (χ2v) is 7.39. The van der Waals surface area contributed by atoms with Crippen LogP contribution >= 0.6 is 0 Å². The van der Waals surface area contributed by atoms with Gasteiger partial charge in [0, 0.05) is 12.4 Å². The number of halogens is 2. The van der Waals surface area contributed by atoms with Crippen molar-refractivity contribution in [1.29, 1.82) is 0 Å². The summed E-state index contributed by atoms with van der Waals surface area (Å²) in [5, 5.41) is 0. The Balaban J connectivity index is 1.78. The highest BCUT2D eigenvalue weighted by molar-refractivity contribution is 6.54. The van der Waals surface area contributed by atoms with E-state index in [1.54, 1.807) is 23.3 Å². The second kappa shape index (κ2) is 7.30. The first kappa shape index (κ1) is 19.3. The summed E-state index contributed by atoms with van der Waals surface area (Å²) in [5.41, 5.74) is -1.15. The molecule has 0 aliphatic carbocycles. The van der Waals surface area contributed by atoms with Gasteiger partial charge in [-0.05, 0) is 51.5 Å². The molecule has 0 atom stereocenters. The Labute approximate surface area is 158 Å². The van der Waals surface area contributed by atoms with Gasteiger partial charge in [0.2, 0.25) is 0 Å². The van der Waals surface area contributed by atoms with Crippen LogP contribution in [0.1, 0.15) is 38.8 Å². The molecule has 1 aliphatic heterocycles. The minimum absolute atomic E-state index is 0.200. The molecular weight excluding hydrogens is 349 g/mol. The fourth-order valence-corrected chi connectivity index (χ4v) is 2.52. The van der Waals surface area contributed by atoms with Crippen LogP contribution in [0.25, 0.3) is 6.08 Å². The third-order valence-electron chi connectivity index (χ3n) is 4.82. The number of benzene rings is 1. The van der Waals surface area contributed by atoms with E-state index < -0.39 is 29.9 Å². The SMILES string of the molecule is CC1(C)OB(C(F)=Cc2ccc(F)c(C#CCn3ccnc3)c2)OC1(C)C. The maximum absolute atomic E-state index is 14.6. The number of hydrogen-bond donors (Lipinski definition) is 0. The van der Waals surface area contributed by atoms with Gasteiger partial charge in [0.05, 0.1) is 29.6 Å². The van der Waals surface area contributed by atoms with Gasteiger partial charge in [-0.15, -0.1) is 0 Å². The van der Waals surface area contributed by atoms with Crippen LogP contribution in [0, 0.1) is 17.7 Å². The van der Waals surface area contributed by atoms with Crippen LogP contribution < -0.4 is 0 Å². The van der Waals surface area contributed by atoms with Crippen molar-refractivity contribution in [2.75, 3.05) is 0 Å². The number of imidazole rings is 1. The first-order valence-corrected chi connectivity index (χ1v) is 8.65. The Morgan fingerprint density at radius 2 is 1.96 bits per heavy atom. The molecule has 3 rings (SSSR count). The van der Waals surface area contributed by atoms with Gasteiger partial charge in [-0.25, -0.2) is 13.8 Å². The molecule has 0 bridgehead atoms. The van der Waals surface area contributed by atoms with E-state index in [0.717, 1.165) is 0 Å². The summed E-state index contributed by atoms with van der Waals surface area (Å²) in [6.07, 6.45) is 6.32. The van der Waals surface area contributed by atoms with Crippen LogP contribution in [0.5, 0.6) is 0 Å². The Bertz CT molecular complexity index is 896. The molecule has 0 N–H and O–H groups in total. The van der Waals surface area contributed by atoms with Gasteiger partial charge in [0.1, 0.15) is 11.5 Å². The van der Waals surface area contributed by atoms with Crippen molar-refractivity contribution in [3.05, 3.63) is 59.6 Å². The Kier molecular flexibility index (Phi) is 5.23. The first-order chi connectivity index (χ1) is 12.7. The summed E-state index contributed by atoms with van der Waals surface area (Å²) in [6, 6.07) is 4.26. The predicted molar refractivity (Wildman–Crippen MR) is 101 cm³/mol. The van der Waals surface area contributed by atoms with E-state index >= 15 is 0 Å². The molecule has 7 heteroatoms. The fourth-order valence-electron chi connectivity index (χ4n) is 2.52. The average Bonchev–Trinajstić information content (AvgIpc) is 3.16. The molecule has 140 valence electrons. The lowest BCUT2D eigenvalue weighted by molar-refractivity contribution is 0.00578. The van der Waals surface area contributed by atoms with E-state index in [1.807, 2.05) is 27.7 Å². The van der Waals surface area contributed by atoms with Crippen molar-refractivity contribution < 1.29 is 18.1 Å². The molecule has 1 aromatic carbocycles. The van der Waals surface area contributed by atoms with Gasteiger partial charge < -0.3 is 13.9 Å². The highest BCUT2D eigenvalue weighted by Gasteiger charge is 2.53.